The van der Waals surface area contributed by atoms with Gasteiger partial charge in [0.2, 0.25) is 0 Å². The van der Waals surface area contributed by atoms with Crippen LogP contribution in [0.25, 0.3) is 0 Å². The predicted octanol–water partition coefficient (Wildman–Crippen LogP) is 6.94. The summed E-state index contributed by atoms with van der Waals surface area (Å²) in [4.78, 5) is 0. The fourth-order valence-electron chi connectivity index (χ4n) is 2.57. The zero-order chi connectivity index (χ0) is 16.6. The first-order valence-corrected chi connectivity index (χ1v) is 9.58. The maximum absolute atomic E-state index is 5.77. The fourth-order valence-corrected chi connectivity index (χ4v) is 2.57. The SMILES string of the molecule is CC[CH]Oc1ccc(OCCCCCCCCCCCC)cc1. The zero-order valence-corrected chi connectivity index (χ0v) is 15.2. The van der Waals surface area contributed by atoms with E-state index in [1.54, 1.807) is 6.61 Å². The fraction of sp³-hybridized carbons (Fsp3) is 0.667. The Morgan fingerprint density at radius 3 is 1.78 bits per heavy atom. The topological polar surface area (TPSA) is 18.5 Å². The first kappa shape index (κ1) is 19.9. The molecule has 0 N–H and O–H groups in total. The highest BCUT2D eigenvalue weighted by atomic mass is 16.5. The van der Waals surface area contributed by atoms with Crippen LogP contribution in [0.1, 0.15) is 84.5 Å². The minimum atomic E-state index is 0.817. The molecule has 23 heavy (non-hydrogen) atoms. The zero-order valence-electron chi connectivity index (χ0n) is 15.2. The normalized spacial score (nSPS) is 10.7. The van der Waals surface area contributed by atoms with E-state index < -0.39 is 0 Å². The molecule has 2 nitrogen and oxygen atoms in total. The van der Waals surface area contributed by atoms with Crippen molar-refractivity contribution >= 4 is 0 Å². The van der Waals surface area contributed by atoms with Crippen molar-refractivity contribution in [1.82, 2.24) is 0 Å². The van der Waals surface area contributed by atoms with Crippen LogP contribution in [-0.2, 0) is 0 Å². The summed E-state index contributed by atoms with van der Waals surface area (Å²) in [6, 6.07) is 7.88. The Kier molecular flexibility index (Phi) is 12.5. The van der Waals surface area contributed by atoms with Gasteiger partial charge in [-0.15, -0.1) is 0 Å². The van der Waals surface area contributed by atoms with Gasteiger partial charge >= 0.3 is 0 Å². The summed E-state index contributed by atoms with van der Waals surface area (Å²) in [5.74, 6) is 1.81. The van der Waals surface area contributed by atoms with Crippen molar-refractivity contribution in [3.8, 4) is 11.5 Å². The molecule has 0 saturated carbocycles. The van der Waals surface area contributed by atoms with Crippen LogP contribution >= 0.6 is 0 Å². The Hall–Kier alpha value is -1.18. The van der Waals surface area contributed by atoms with E-state index in [0.717, 1.165) is 30.9 Å². The van der Waals surface area contributed by atoms with Gasteiger partial charge in [0.05, 0.1) is 6.61 Å². The molecule has 0 unspecified atom stereocenters. The number of ether oxygens (including phenoxy) is 2. The number of unbranched alkanes of at least 4 members (excludes halogenated alkanes) is 9. The van der Waals surface area contributed by atoms with Crippen LogP contribution in [0.4, 0.5) is 0 Å². The minimum absolute atomic E-state index is 0.817. The monoisotopic (exact) mass is 319 g/mol. The first-order valence-electron chi connectivity index (χ1n) is 9.58. The molecule has 0 atom stereocenters. The molecule has 0 aliphatic heterocycles. The predicted molar refractivity (Wildman–Crippen MR) is 99.0 cm³/mol. The lowest BCUT2D eigenvalue weighted by atomic mass is 10.1. The summed E-state index contributed by atoms with van der Waals surface area (Å²) in [6.45, 7) is 6.96. The lowest BCUT2D eigenvalue weighted by molar-refractivity contribution is 0.303. The molecule has 0 aromatic heterocycles. The summed E-state index contributed by atoms with van der Waals surface area (Å²) in [5, 5.41) is 0. The van der Waals surface area contributed by atoms with E-state index in [2.05, 4.69) is 13.8 Å². The molecular weight excluding hydrogens is 284 g/mol. The van der Waals surface area contributed by atoms with E-state index in [1.807, 2.05) is 24.3 Å². The van der Waals surface area contributed by atoms with Gasteiger partial charge in [0.25, 0.3) is 0 Å². The number of hydrogen-bond acceptors (Lipinski definition) is 2. The molecule has 1 aromatic carbocycles. The lowest BCUT2D eigenvalue weighted by Gasteiger charge is -2.08. The van der Waals surface area contributed by atoms with Crippen LogP contribution in [0.5, 0.6) is 11.5 Å². The van der Waals surface area contributed by atoms with Crippen LogP contribution in [0.15, 0.2) is 24.3 Å². The molecule has 0 aliphatic rings. The molecule has 0 spiro atoms. The lowest BCUT2D eigenvalue weighted by Crippen LogP contribution is -1.97. The molecule has 0 bridgehead atoms. The molecule has 1 radical (unpaired) electrons. The highest BCUT2D eigenvalue weighted by molar-refractivity contribution is 5.31. The van der Waals surface area contributed by atoms with E-state index in [9.17, 15) is 0 Å². The maximum Gasteiger partial charge on any atom is 0.135 e. The molecule has 1 aromatic rings. The van der Waals surface area contributed by atoms with E-state index in [-0.39, 0.29) is 0 Å². The van der Waals surface area contributed by atoms with Gasteiger partial charge in [0, 0.05) is 0 Å². The molecule has 2 heteroatoms. The second-order valence-electron chi connectivity index (χ2n) is 6.19. The van der Waals surface area contributed by atoms with Crippen molar-refractivity contribution in [3.05, 3.63) is 30.9 Å². The van der Waals surface area contributed by atoms with Crippen molar-refractivity contribution in [1.29, 1.82) is 0 Å². The quantitative estimate of drug-likeness (QED) is 0.326. The largest absolute Gasteiger partial charge is 0.494 e. The maximum atomic E-state index is 5.77. The third kappa shape index (κ3) is 11.1. The van der Waals surface area contributed by atoms with E-state index >= 15 is 0 Å². The molecule has 0 amide bonds. The van der Waals surface area contributed by atoms with Gasteiger partial charge in [-0.05, 0) is 37.1 Å². The molecule has 0 fully saturated rings. The summed E-state index contributed by atoms with van der Waals surface area (Å²) in [6.07, 6.45) is 14.5. The Balaban J connectivity index is 1.92. The minimum Gasteiger partial charge on any atom is -0.494 e. The Bertz CT molecular complexity index is 359. The van der Waals surface area contributed by atoms with Crippen molar-refractivity contribution in [2.24, 2.45) is 0 Å². The van der Waals surface area contributed by atoms with Crippen LogP contribution < -0.4 is 9.47 Å². The Labute approximate surface area is 143 Å². The van der Waals surface area contributed by atoms with E-state index in [4.69, 9.17) is 9.47 Å². The molecule has 0 aliphatic carbocycles. The van der Waals surface area contributed by atoms with Gasteiger partial charge < -0.3 is 9.47 Å². The van der Waals surface area contributed by atoms with Crippen LogP contribution in [-0.4, -0.2) is 6.61 Å². The average molecular weight is 320 g/mol. The highest BCUT2D eigenvalue weighted by Crippen LogP contribution is 2.19. The summed E-state index contributed by atoms with van der Waals surface area (Å²) in [7, 11) is 0. The van der Waals surface area contributed by atoms with Crippen molar-refractivity contribution < 1.29 is 9.47 Å². The smallest absolute Gasteiger partial charge is 0.135 e. The third-order valence-electron chi connectivity index (χ3n) is 3.98. The summed E-state index contributed by atoms with van der Waals surface area (Å²) in [5.41, 5.74) is 0. The van der Waals surface area contributed by atoms with Gasteiger partial charge in [0.15, 0.2) is 0 Å². The third-order valence-corrected chi connectivity index (χ3v) is 3.98. The molecule has 131 valence electrons. The molecule has 1 rings (SSSR count). The number of rotatable bonds is 15. The number of hydrogen-bond donors (Lipinski definition) is 0. The van der Waals surface area contributed by atoms with Crippen molar-refractivity contribution in [2.45, 2.75) is 84.5 Å². The van der Waals surface area contributed by atoms with Crippen LogP contribution in [0.2, 0.25) is 0 Å². The average Bonchev–Trinajstić information content (AvgIpc) is 2.59. The van der Waals surface area contributed by atoms with Gasteiger partial charge in [-0.1, -0.05) is 71.6 Å². The Morgan fingerprint density at radius 2 is 1.22 bits per heavy atom. The summed E-state index contributed by atoms with van der Waals surface area (Å²) >= 11 is 0. The van der Waals surface area contributed by atoms with Crippen molar-refractivity contribution in [2.75, 3.05) is 6.61 Å². The van der Waals surface area contributed by atoms with Gasteiger partial charge in [-0.2, -0.15) is 0 Å². The molecular formula is C21H35O2. The van der Waals surface area contributed by atoms with Crippen LogP contribution in [0.3, 0.4) is 0 Å². The Morgan fingerprint density at radius 1 is 0.696 bits per heavy atom. The standard InChI is InChI=1S/C21H35O2/c1-3-5-6-7-8-9-10-11-12-13-19-23-21-16-14-20(15-17-21)22-18-4-2/h14-18H,3-13,19H2,1-2H3. The second kappa shape index (κ2) is 14.4. The summed E-state index contributed by atoms with van der Waals surface area (Å²) < 4.78 is 11.2. The molecule has 0 heterocycles. The highest BCUT2D eigenvalue weighted by Gasteiger charge is 1.97. The van der Waals surface area contributed by atoms with E-state index in [1.165, 1.54) is 57.8 Å². The van der Waals surface area contributed by atoms with Gasteiger partial charge in [-0.25, -0.2) is 0 Å². The van der Waals surface area contributed by atoms with Gasteiger partial charge in [-0.3, -0.25) is 0 Å². The van der Waals surface area contributed by atoms with E-state index in [0.29, 0.717) is 0 Å². The van der Waals surface area contributed by atoms with Gasteiger partial charge in [0.1, 0.15) is 18.1 Å². The van der Waals surface area contributed by atoms with Crippen molar-refractivity contribution in [3.63, 3.8) is 0 Å². The molecule has 0 saturated heterocycles. The first-order chi connectivity index (χ1) is 11.4. The van der Waals surface area contributed by atoms with Crippen LogP contribution in [0, 0.1) is 6.61 Å². The second-order valence-corrected chi connectivity index (χ2v) is 6.19. The number of benzene rings is 1.